The molecule has 2 heterocycles. The summed E-state index contributed by atoms with van der Waals surface area (Å²) in [5, 5.41) is 1.25. The quantitative estimate of drug-likeness (QED) is 0.564. The van der Waals surface area contributed by atoms with E-state index in [0.717, 1.165) is 81.1 Å². The number of anilines is 1. The topological polar surface area (TPSA) is 36.0 Å². The van der Waals surface area contributed by atoms with Crippen LogP contribution in [0, 0.1) is 0 Å². The Morgan fingerprint density at radius 1 is 1.00 bits per heavy atom. The number of unbranched alkanes of at least 4 members (excludes halogenated alkanes) is 1. The molecule has 0 bridgehead atoms. The van der Waals surface area contributed by atoms with Crippen molar-refractivity contribution in [2.24, 2.45) is 0 Å². The lowest BCUT2D eigenvalue weighted by Gasteiger charge is -2.36. The van der Waals surface area contributed by atoms with Gasteiger partial charge in [0.25, 0.3) is 5.91 Å². The van der Waals surface area contributed by atoms with Crippen molar-refractivity contribution in [3.63, 3.8) is 0 Å². The van der Waals surface area contributed by atoms with Crippen molar-refractivity contribution < 1.29 is 9.53 Å². The molecule has 1 fully saturated rings. The van der Waals surface area contributed by atoms with Gasteiger partial charge in [0.1, 0.15) is 5.75 Å². The van der Waals surface area contributed by atoms with E-state index >= 15 is 0 Å². The smallest absolute Gasteiger partial charge is 0.254 e. The molecule has 1 saturated heterocycles. The van der Waals surface area contributed by atoms with Crippen molar-refractivity contribution >= 4 is 34.8 Å². The zero-order valence-corrected chi connectivity index (χ0v) is 19.5. The van der Waals surface area contributed by atoms with Crippen LogP contribution in [0.2, 0.25) is 10.0 Å². The van der Waals surface area contributed by atoms with Crippen LogP contribution in [0.4, 0.5) is 5.69 Å². The first-order chi connectivity index (χ1) is 15.0. The predicted molar refractivity (Wildman–Crippen MR) is 127 cm³/mol. The number of carbonyl (C=O) groups is 1. The number of halogens is 2. The zero-order valence-electron chi connectivity index (χ0n) is 17.9. The van der Waals surface area contributed by atoms with E-state index in [9.17, 15) is 4.79 Å². The number of benzene rings is 2. The highest BCUT2D eigenvalue weighted by Crippen LogP contribution is 2.33. The summed E-state index contributed by atoms with van der Waals surface area (Å²) in [6, 6.07) is 11.7. The highest BCUT2D eigenvalue weighted by Gasteiger charge is 2.22. The molecule has 166 valence electrons. The van der Waals surface area contributed by atoms with Crippen LogP contribution in [0.3, 0.4) is 0 Å². The molecule has 0 aliphatic carbocycles. The van der Waals surface area contributed by atoms with Gasteiger partial charge in [-0.25, -0.2) is 0 Å². The van der Waals surface area contributed by atoms with Crippen LogP contribution in [-0.4, -0.2) is 68.6 Å². The Kier molecular flexibility index (Phi) is 7.26. The van der Waals surface area contributed by atoms with Gasteiger partial charge < -0.3 is 14.5 Å². The van der Waals surface area contributed by atoms with Gasteiger partial charge in [-0.15, -0.1) is 0 Å². The summed E-state index contributed by atoms with van der Waals surface area (Å²) in [5.74, 6) is 0.874. The Hall–Kier alpha value is -1.95. The van der Waals surface area contributed by atoms with E-state index in [4.69, 9.17) is 27.9 Å². The molecule has 7 heteroatoms. The molecule has 0 radical (unpaired) electrons. The minimum absolute atomic E-state index is 0.0879. The maximum atomic E-state index is 12.3. The number of carbonyl (C=O) groups excluding carboxylic acids is 1. The van der Waals surface area contributed by atoms with Crippen molar-refractivity contribution in [1.29, 1.82) is 0 Å². The van der Waals surface area contributed by atoms with Gasteiger partial charge in [-0.1, -0.05) is 35.3 Å². The summed E-state index contributed by atoms with van der Waals surface area (Å²) in [6.45, 7) is 6.46. The van der Waals surface area contributed by atoms with Gasteiger partial charge in [0.05, 0.1) is 22.3 Å². The lowest BCUT2D eigenvalue weighted by atomic mass is 9.99. The first kappa shape index (κ1) is 22.3. The number of hydrogen-bond donors (Lipinski definition) is 0. The summed E-state index contributed by atoms with van der Waals surface area (Å²) in [6.07, 6.45) is 2.99. The Bertz CT molecular complexity index is 929. The van der Waals surface area contributed by atoms with E-state index in [0.29, 0.717) is 16.7 Å². The summed E-state index contributed by atoms with van der Waals surface area (Å²) < 4.78 is 5.92. The van der Waals surface area contributed by atoms with Crippen LogP contribution in [0.1, 0.15) is 28.8 Å². The molecule has 31 heavy (non-hydrogen) atoms. The summed E-state index contributed by atoms with van der Waals surface area (Å²) in [7, 11) is 1.85. The third-order valence-corrected chi connectivity index (χ3v) is 6.97. The average molecular weight is 462 g/mol. The number of amides is 1. The zero-order chi connectivity index (χ0) is 21.8. The van der Waals surface area contributed by atoms with Gasteiger partial charge in [0, 0.05) is 45.3 Å². The Morgan fingerprint density at radius 3 is 2.61 bits per heavy atom. The van der Waals surface area contributed by atoms with E-state index in [1.165, 1.54) is 0 Å². The molecule has 2 aromatic rings. The van der Waals surface area contributed by atoms with Gasteiger partial charge in [-0.3, -0.25) is 9.69 Å². The number of ether oxygens (including phenoxy) is 1. The van der Waals surface area contributed by atoms with Gasteiger partial charge in [-0.2, -0.15) is 0 Å². The van der Waals surface area contributed by atoms with Crippen molar-refractivity contribution in [2.45, 2.75) is 19.3 Å². The molecule has 0 saturated carbocycles. The van der Waals surface area contributed by atoms with Crippen LogP contribution in [0.15, 0.2) is 36.4 Å². The lowest BCUT2D eigenvalue weighted by molar-refractivity contribution is 0.0780. The standard InChI is InChI=1S/C24H29Cl2N3O2/c1-27-11-9-18-7-8-19(17-20(18)24(27)30)31-16-3-2-10-28-12-14-29(15-13-28)22-6-4-5-21(25)23(22)26/h4-8,17H,2-3,9-16H2,1H3. The fourth-order valence-corrected chi connectivity index (χ4v) is 4.65. The van der Waals surface area contributed by atoms with Gasteiger partial charge in [0.15, 0.2) is 0 Å². The van der Waals surface area contributed by atoms with Crippen LogP contribution in [0.25, 0.3) is 0 Å². The largest absolute Gasteiger partial charge is 0.494 e. The van der Waals surface area contributed by atoms with Crippen molar-refractivity contribution in [3.8, 4) is 5.75 Å². The maximum Gasteiger partial charge on any atom is 0.254 e. The molecule has 0 spiro atoms. The van der Waals surface area contributed by atoms with Crippen LogP contribution < -0.4 is 9.64 Å². The van der Waals surface area contributed by atoms with Crippen molar-refractivity contribution in [1.82, 2.24) is 9.80 Å². The molecule has 5 nitrogen and oxygen atoms in total. The SMILES string of the molecule is CN1CCc2ccc(OCCCCN3CCN(c4cccc(Cl)c4Cl)CC3)cc2C1=O. The number of rotatable bonds is 7. The van der Waals surface area contributed by atoms with E-state index < -0.39 is 0 Å². The first-order valence-electron chi connectivity index (χ1n) is 11.0. The monoisotopic (exact) mass is 461 g/mol. The minimum Gasteiger partial charge on any atom is -0.494 e. The molecule has 2 aliphatic rings. The summed E-state index contributed by atoms with van der Waals surface area (Å²) in [5.41, 5.74) is 2.93. The van der Waals surface area contributed by atoms with Crippen LogP contribution >= 0.6 is 23.2 Å². The Labute approximate surface area is 194 Å². The molecule has 4 rings (SSSR count). The summed E-state index contributed by atoms with van der Waals surface area (Å²) in [4.78, 5) is 18.9. The molecule has 2 aliphatic heterocycles. The fourth-order valence-electron chi connectivity index (χ4n) is 4.23. The van der Waals surface area contributed by atoms with E-state index in [1.54, 1.807) is 4.90 Å². The number of fused-ring (bicyclic) bond motifs is 1. The maximum absolute atomic E-state index is 12.3. The second kappa shape index (κ2) is 10.1. The van der Waals surface area contributed by atoms with Gasteiger partial charge in [0.2, 0.25) is 0 Å². The predicted octanol–water partition coefficient (Wildman–Crippen LogP) is 4.60. The van der Waals surface area contributed by atoms with Crippen molar-refractivity contribution in [2.75, 3.05) is 57.8 Å². The fraction of sp³-hybridized carbons (Fsp3) is 0.458. The molecular formula is C24H29Cl2N3O2. The molecule has 2 aromatic carbocycles. The summed E-state index contributed by atoms with van der Waals surface area (Å²) >= 11 is 12.5. The second-order valence-corrected chi connectivity index (χ2v) is 9.04. The molecule has 0 atom stereocenters. The second-order valence-electron chi connectivity index (χ2n) is 8.25. The van der Waals surface area contributed by atoms with Gasteiger partial charge in [-0.05, 0) is 55.6 Å². The number of piperazine rings is 1. The number of likely N-dealkylation sites (N-methyl/N-ethyl adjacent to an activating group) is 1. The molecule has 0 aromatic heterocycles. The number of hydrogen-bond acceptors (Lipinski definition) is 4. The third-order valence-electron chi connectivity index (χ3n) is 6.16. The van der Waals surface area contributed by atoms with Gasteiger partial charge >= 0.3 is 0 Å². The van der Waals surface area contributed by atoms with E-state index in [2.05, 4.69) is 9.80 Å². The third kappa shape index (κ3) is 5.28. The minimum atomic E-state index is 0.0879. The number of nitrogens with zero attached hydrogens (tertiary/aromatic N) is 3. The first-order valence-corrected chi connectivity index (χ1v) is 11.7. The van der Waals surface area contributed by atoms with E-state index in [-0.39, 0.29) is 5.91 Å². The normalized spacial score (nSPS) is 17.1. The van der Waals surface area contributed by atoms with Crippen LogP contribution in [-0.2, 0) is 6.42 Å². The average Bonchev–Trinajstić information content (AvgIpc) is 2.79. The molecule has 0 unspecified atom stereocenters. The Balaban J connectivity index is 1.17. The highest BCUT2D eigenvalue weighted by atomic mass is 35.5. The molecule has 0 N–H and O–H groups in total. The van der Waals surface area contributed by atoms with Crippen molar-refractivity contribution in [3.05, 3.63) is 57.6 Å². The van der Waals surface area contributed by atoms with Crippen LogP contribution in [0.5, 0.6) is 5.75 Å². The molecule has 1 amide bonds. The van der Waals surface area contributed by atoms with E-state index in [1.807, 2.05) is 43.4 Å². The molecular weight excluding hydrogens is 433 g/mol. The highest BCUT2D eigenvalue weighted by molar-refractivity contribution is 6.43. The Morgan fingerprint density at radius 2 is 1.81 bits per heavy atom. The lowest BCUT2D eigenvalue weighted by Crippen LogP contribution is -2.46.